The van der Waals surface area contributed by atoms with Gasteiger partial charge in [-0.3, -0.25) is 14.4 Å². The van der Waals surface area contributed by atoms with Crippen LogP contribution in [0.5, 0.6) is 5.75 Å². The van der Waals surface area contributed by atoms with Crippen LogP contribution in [-0.2, 0) is 30.5 Å². The molecule has 13 heteroatoms. The number of nitrogens with zero attached hydrogens (tertiary/aromatic N) is 1. The van der Waals surface area contributed by atoms with Gasteiger partial charge >= 0.3 is 17.9 Å². The molecular weight excluding hydrogens is 701 g/mol. The Morgan fingerprint density at radius 1 is 0.623 bits per heavy atom. The van der Waals surface area contributed by atoms with E-state index in [0.29, 0.717) is 25.7 Å². The number of benzene rings is 2. The van der Waals surface area contributed by atoms with Crippen LogP contribution in [0.1, 0.15) is 141 Å². The second kappa shape index (κ2) is 25.9. The van der Waals surface area contributed by atoms with Crippen molar-refractivity contribution in [3.8, 4) is 5.75 Å². The number of amides is 1. The minimum atomic E-state index is -2.41. The Bertz CT molecular complexity index is 1400. The fourth-order valence-corrected chi connectivity index (χ4v) is 5.94. The average Bonchev–Trinajstić information content (AvgIpc) is 3.15. The third-order valence-corrected chi connectivity index (χ3v) is 9.01. The van der Waals surface area contributed by atoms with Gasteiger partial charge in [0, 0.05) is 25.8 Å². The van der Waals surface area contributed by atoms with Crippen LogP contribution >= 0.6 is 0 Å². The van der Waals surface area contributed by atoms with Gasteiger partial charge in [0.25, 0.3) is 0 Å². The number of hydrogen-bond acceptors (Lipinski definition) is 6. The maximum atomic E-state index is 14.0. The lowest BCUT2D eigenvalue weighted by molar-refractivity contribution is -0.151. The number of halogens is 5. The summed E-state index contributed by atoms with van der Waals surface area (Å²) in [6.07, 6.45) is 13.6. The topological polar surface area (TPSA) is 110 Å². The highest BCUT2D eigenvalue weighted by molar-refractivity contribution is 5.84. The van der Waals surface area contributed by atoms with Gasteiger partial charge in [0.2, 0.25) is 40.7 Å². The summed E-state index contributed by atoms with van der Waals surface area (Å²) in [6.45, 7) is 2.51. The average molecular weight is 756 g/mol. The van der Waals surface area contributed by atoms with Crippen molar-refractivity contribution < 1.29 is 55.7 Å². The molecule has 0 bridgehead atoms. The van der Waals surface area contributed by atoms with Crippen molar-refractivity contribution in [3.63, 3.8) is 0 Å². The molecule has 2 aromatic carbocycles. The predicted molar refractivity (Wildman–Crippen MR) is 189 cm³/mol. The summed E-state index contributed by atoms with van der Waals surface area (Å²) in [5.74, 6) is -16.9. The molecule has 1 atom stereocenters. The maximum Gasteiger partial charge on any atom is 0.326 e. The zero-order valence-electron chi connectivity index (χ0n) is 30.8. The van der Waals surface area contributed by atoms with E-state index >= 15 is 0 Å². The first-order valence-corrected chi connectivity index (χ1v) is 18.9. The van der Waals surface area contributed by atoms with Crippen LogP contribution in [0.4, 0.5) is 22.0 Å². The molecule has 1 unspecified atom stereocenters. The molecule has 0 saturated carbocycles. The molecule has 1 amide bonds. The van der Waals surface area contributed by atoms with E-state index in [0.717, 1.165) is 76.2 Å². The summed E-state index contributed by atoms with van der Waals surface area (Å²) in [6, 6.07) is 7.97. The largest absolute Gasteiger partial charge is 0.480 e. The van der Waals surface area contributed by atoms with Gasteiger partial charge in [-0.15, -0.1) is 0 Å². The molecule has 0 aliphatic heterocycles. The third kappa shape index (κ3) is 17.1. The summed E-state index contributed by atoms with van der Waals surface area (Å²) in [5.41, 5.74) is 0.931. The first-order chi connectivity index (χ1) is 25.5. The lowest BCUT2D eigenvalue weighted by Crippen LogP contribution is -2.46. The number of unbranched alkanes of at least 4 members (excludes halogenated alkanes) is 14. The molecular formula is C40H54F5NO7. The quantitative estimate of drug-likeness (QED) is 0.0230. The summed E-state index contributed by atoms with van der Waals surface area (Å²) >= 11 is 0. The summed E-state index contributed by atoms with van der Waals surface area (Å²) in [4.78, 5) is 51.3. The van der Waals surface area contributed by atoms with Crippen molar-refractivity contribution in [1.29, 1.82) is 0 Å². The fraction of sp³-hybridized carbons (Fsp3) is 0.600. The van der Waals surface area contributed by atoms with Crippen LogP contribution < -0.4 is 4.74 Å². The van der Waals surface area contributed by atoms with Gasteiger partial charge in [-0.2, -0.15) is 8.78 Å². The highest BCUT2D eigenvalue weighted by atomic mass is 19.2. The van der Waals surface area contributed by atoms with E-state index in [9.17, 15) is 46.2 Å². The van der Waals surface area contributed by atoms with E-state index in [1.54, 1.807) is 0 Å². The van der Waals surface area contributed by atoms with Crippen molar-refractivity contribution in [1.82, 2.24) is 4.90 Å². The normalized spacial score (nSPS) is 11.7. The second-order valence-corrected chi connectivity index (χ2v) is 13.3. The lowest BCUT2D eigenvalue weighted by atomic mass is 10.0. The van der Waals surface area contributed by atoms with Gasteiger partial charge in [0.1, 0.15) is 12.6 Å². The standard InChI is InChI=1S/C40H54F5NO7/c1-2-3-4-5-6-7-11-14-20-27-46(30(40(50)51)25-26-33(49)53-39-37(44)35(42)34(41)36(43)38(39)45)31(47)23-18-12-9-8-10-13-19-24-32(48)52-28-29-21-16-15-17-22-29/h15-17,21-22,30H,2-14,18-20,23-28H2,1H3,(H,50,51). The maximum absolute atomic E-state index is 14.0. The molecule has 296 valence electrons. The number of hydrogen-bond donors (Lipinski definition) is 1. The van der Waals surface area contributed by atoms with Crippen molar-refractivity contribution in [2.45, 2.75) is 148 Å². The van der Waals surface area contributed by atoms with Crippen LogP contribution in [0.15, 0.2) is 30.3 Å². The summed E-state index contributed by atoms with van der Waals surface area (Å²) in [5, 5.41) is 10.0. The molecule has 0 aromatic heterocycles. The Labute approximate surface area is 309 Å². The first kappa shape index (κ1) is 45.1. The van der Waals surface area contributed by atoms with Crippen LogP contribution in [0.3, 0.4) is 0 Å². The zero-order chi connectivity index (χ0) is 39.0. The number of carbonyl (C=O) groups excluding carboxylic acids is 3. The SMILES string of the molecule is CCCCCCCCCCCN(C(=O)CCCCCCCCCC(=O)OCc1ccccc1)C(CCC(=O)Oc1c(F)c(F)c(F)c(F)c1F)C(=O)O. The first-order valence-electron chi connectivity index (χ1n) is 18.9. The number of rotatable bonds is 28. The highest BCUT2D eigenvalue weighted by Gasteiger charge is 2.32. The summed E-state index contributed by atoms with van der Waals surface area (Å²) in [7, 11) is 0. The van der Waals surface area contributed by atoms with Crippen LogP contribution in [0, 0.1) is 29.1 Å². The molecule has 53 heavy (non-hydrogen) atoms. The van der Waals surface area contributed by atoms with Gasteiger partial charge in [0.15, 0.2) is 0 Å². The molecule has 8 nitrogen and oxygen atoms in total. The Morgan fingerprint density at radius 3 is 1.66 bits per heavy atom. The second-order valence-electron chi connectivity index (χ2n) is 13.3. The van der Waals surface area contributed by atoms with E-state index in [2.05, 4.69) is 11.7 Å². The molecule has 2 aromatic rings. The van der Waals surface area contributed by atoms with Gasteiger partial charge in [0.05, 0.1) is 0 Å². The molecule has 0 fully saturated rings. The van der Waals surface area contributed by atoms with Crippen LogP contribution in [0.25, 0.3) is 0 Å². The van der Waals surface area contributed by atoms with Gasteiger partial charge in [-0.1, -0.05) is 121 Å². The Morgan fingerprint density at radius 2 is 1.11 bits per heavy atom. The number of carboxylic acids is 1. The van der Waals surface area contributed by atoms with Crippen molar-refractivity contribution >= 4 is 23.8 Å². The number of carboxylic acid groups (broad SMARTS) is 1. The minimum absolute atomic E-state index is 0.0729. The number of ether oxygens (including phenoxy) is 2. The lowest BCUT2D eigenvalue weighted by Gasteiger charge is -2.29. The zero-order valence-corrected chi connectivity index (χ0v) is 30.8. The number of aliphatic carboxylic acids is 1. The van der Waals surface area contributed by atoms with E-state index in [1.165, 1.54) is 17.7 Å². The van der Waals surface area contributed by atoms with Gasteiger partial charge < -0.3 is 19.5 Å². The monoisotopic (exact) mass is 755 g/mol. The van der Waals surface area contributed by atoms with Crippen molar-refractivity contribution in [2.75, 3.05) is 6.54 Å². The van der Waals surface area contributed by atoms with E-state index in [4.69, 9.17) is 4.74 Å². The van der Waals surface area contributed by atoms with E-state index in [1.807, 2.05) is 30.3 Å². The minimum Gasteiger partial charge on any atom is -0.480 e. The van der Waals surface area contributed by atoms with Gasteiger partial charge in [-0.25, -0.2) is 18.0 Å². The van der Waals surface area contributed by atoms with Crippen LogP contribution in [-0.4, -0.2) is 46.4 Å². The molecule has 2 rings (SSSR count). The Balaban J connectivity index is 1.85. The third-order valence-electron chi connectivity index (χ3n) is 9.01. The fourth-order valence-electron chi connectivity index (χ4n) is 5.94. The molecule has 0 heterocycles. The molecule has 0 radical (unpaired) electrons. The van der Waals surface area contributed by atoms with E-state index in [-0.39, 0.29) is 25.5 Å². The Kier molecular flexibility index (Phi) is 22.0. The van der Waals surface area contributed by atoms with Crippen molar-refractivity contribution in [2.24, 2.45) is 0 Å². The molecule has 1 N–H and O–H groups in total. The predicted octanol–water partition coefficient (Wildman–Crippen LogP) is 10.1. The summed E-state index contributed by atoms with van der Waals surface area (Å²) < 4.78 is 78.3. The molecule has 0 aliphatic carbocycles. The van der Waals surface area contributed by atoms with Crippen molar-refractivity contribution in [3.05, 3.63) is 65.0 Å². The van der Waals surface area contributed by atoms with Gasteiger partial charge in [-0.05, 0) is 31.2 Å². The van der Waals surface area contributed by atoms with Crippen LogP contribution in [0.2, 0.25) is 0 Å². The molecule has 0 spiro atoms. The number of carbonyl (C=O) groups is 4. The smallest absolute Gasteiger partial charge is 0.326 e. The van der Waals surface area contributed by atoms with E-state index < -0.39 is 71.6 Å². The number of esters is 2. The molecule has 0 aliphatic rings. The highest BCUT2D eigenvalue weighted by Crippen LogP contribution is 2.29. The molecule has 0 saturated heterocycles. The Hall–Kier alpha value is -4.03.